The summed E-state index contributed by atoms with van der Waals surface area (Å²) in [4.78, 5) is 20.4. The maximum atomic E-state index is 12.3. The fraction of sp³-hybridized carbons (Fsp3) is 0.391. The zero-order chi connectivity index (χ0) is 20.1. The minimum atomic E-state index is -0.148. The molecule has 3 rings (SSSR count). The molecule has 3 aromatic rings. The highest BCUT2D eigenvalue weighted by molar-refractivity contribution is 5.78. The number of ether oxygens (including phenoxy) is 1. The number of amides is 1. The van der Waals surface area contributed by atoms with Crippen molar-refractivity contribution in [2.45, 2.75) is 46.6 Å². The van der Waals surface area contributed by atoms with E-state index in [0.29, 0.717) is 12.3 Å². The Morgan fingerprint density at radius 3 is 2.50 bits per heavy atom. The van der Waals surface area contributed by atoms with E-state index in [1.165, 1.54) is 0 Å². The standard InChI is InChI=1S/C23H29N3O2/c1-15(2)10-13-21(27)26-22(16(3)4)23-24-19-12-11-18(14-20(19)25-23)28-17-8-6-5-7-9-17/h5-9,11-12,14-16,22H,10,13H2,1-4H3,(H,24,25)(H,26,27)/t22-/m0/s1. The summed E-state index contributed by atoms with van der Waals surface area (Å²) < 4.78 is 5.91. The Morgan fingerprint density at radius 2 is 1.82 bits per heavy atom. The predicted molar refractivity (Wildman–Crippen MR) is 112 cm³/mol. The summed E-state index contributed by atoms with van der Waals surface area (Å²) in [6, 6.07) is 15.3. The fourth-order valence-electron chi connectivity index (χ4n) is 3.06. The second kappa shape index (κ2) is 8.91. The van der Waals surface area contributed by atoms with Gasteiger partial charge in [-0.25, -0.2) is 4.98 Å². The van der Waals surface area contributed by atoms with Crippen LogP contribution in [-0.4, -0.2) is 15.9 Å². The molecule has 0 spiro atoms. The Balaban J connectivity index is 1.78. The summed E-state index contributed by atoms with van der Waals surface area (Å²) in [5.74, 6) is 3.12. The zero-order valence-corrected chi connectivity index (χ0v) is 17.0. The number of H-pyrrole nitrogens is 1. The van der Waals surface area contributed by atoms with Crippen molar-refractivity contribution in [1.82, 2.24) is 15.3 Å². The lowest BCUT2D eigenvalue weighted by molar-refractivity contribution is -0.122. The van der Waals surface area contributed by atoms with Crippen LogP contribution in [0.1, 0.15) is 52.4 Å². The van der Waals surface area contributed by atoms with Crippen molar-refractivity contribution in [3.63, 3.8) is 0 Å². The molecule has 0 saturated carbocycles. The number of aromatic nitrogens is 2. The van der Waals surface area contributed by atoms with Crippen molar-refractivity contribution < 1.29 is 9.53 Å². The van der Waals surface area contributed by atoms with E-state index in [9.17, 15) is 4.79 Å². The highest BCUT2D eigenvalue weighted by atomic mass is 16.5. The maximum absolute atomic E-state index is 12.3. The van der Waals surface area contributed by atoms with E-state index < -0.39 is 0 Å². The summed E-state index contributed by atoms with van der Waals surface area (Å²) in [7, 11) is 0. The van der Waals surface area contributed by atoms with Crippen LogP contribution in [0, 0.1) is 11.8 Å². The molecule has 1 amide bonds. The van der Waals surface area contributed by atoms with Gasteiger partial charge in [0, 0.05) is 12.5 Å². The Kier molecular flexibility index (Phi) is 6.34. The van der Waals surface area contributed by atoms with Gasteiger partial charge in [0.05, 0.1) is 17.1 Å². The number of imidazole rings is 1. The highest BCUT2D eigenvalue weighted by Gasteiger charge is 2.22. The minimum absolute atomic E-state index is 0.0703. The lowest BCUT2D eigenvalue weighted by atomic mass is 10.0. The molecule has 2 N–H and O–H groups in total. The van der Waals surface area contributed by atoms with Gasteiger partial charge in [0.1, 0.15) is 17.3 Å². The number of para-hydroxylation sites is 1. The number of hydrogen-bond donors (Lipinski definition) is 2. The van der Waals surface area contributed by atoms with Crippen molar-refractivity contribution in [3.8, 4) is 11.5 Å². The Hall–Kier alpha value is -2.82. The van der Waals surface area contributed by atoms with Crippen molar-refractivity contribution in [1.29, 1.82) is 0 Å². The van der Waals surface area contributed by atoms with E-state index in [0.717, 1.165) is 34.8 Å². The topological polar surface area (TPSA) is 67.0 Å². The third kappa shape index (κ3) is 5.12. The van der Waals surface area contributed by atoms with Crippen molar-refractivity contribution >= 4 is 16.9 Å². The van der Waals surface area contributed by atoms with E-state index >= 15 is 0 Å². The minimum Gasteiger partial charge on any atom is -0.457 e. The molecule has 0 aliphatic carbocycles. The molecule has 5 nitrogen and oxygen atoms in total. The highest BCUT2D eigenvalue weighted by Crippen LogP contribution is 2.27. The van der Waals surface area contributed by atoms with Gasteiger partial charge in [-0.3, -0.25) is 4.79 Å². The van der Waals surface area contributed by atoms with Gasteiger partial charge in [-0.2, -0.15) is 0 Å². The van der Waals surface area contributed by atoms with Crippen LogP contribution in [0.5, 0.6) is 11.5 Å². The molecule has 148 valence electrons. The lowest BCUT2D eigenvalue weighted by Crippen LogP contribution is -2.32. The number of aromatic amines is 1. The molecule has 0 bridgehead atoms. The van der Waals surface area contributed by atoms with E-state index in [1.54, 1.807) is 0 Å². The SMILES string of the molecule is CC(C)CCC(=O)N[C@H](c1nc2ccc(Oc3ccccc3)cc2[nH]1)C(C)C. The molecule has 5 heteroatoms. The normalized spacial score (nSPS) is 12.5. The van der Waals surface area contributed by atoms with Crippen molar-refractivity contribution in [3.05, 3.63) is 54.4 Å². The monoisotopic (exact) mass is 379 g/mol. The summed E-state index contributed by atoms with van der Waals surface area (Å²) in [6.45, 7) is 8.43. The predicted octanol–water partition coefficient (Wildman–Crippen LogP) is 5.60. The van der Waals surface area contributed by atoms with Crippen LogP contribution in [0.3, 0.4) is 0 Å². The van der Waals surface area contributed by atoms with Crippen LogP contribution in [0.25, 0.3) is 11.0 Å². The molecule has 1 aromatic heterocycles. The quantitative estimate of drug-likeness (QED) is 0.535. The van der Waals surface area contributed by atoms with Crippen molar-refractivity contribution in [2.75, 3.05) is 0 Å². The summed E-state index contributed by atoms with van der Waals surface area (Å²) in [5.41, 5.74) is 1.75. The van der Waals surface area contributed by atoms with Crippen LogP contribution >= 0.6 is 0 Å². The van der Waals surface area contributed by atoms with Gasteiger partial charge < -0.3 is 15.0 Å². The largest absolute Gasteiger partial charge is 0.457 e. The van der Waals surface area contributed by atoms with Crippen LogP contribution in [-0.2, 0) is 4.79 Å². The van der Waals surface area contributed by atoms with E-state index in [1.807, 2.05) is 48.5 Å². The van der Waals surface area contributed by atoms with E-state index in [-0.39, 0.29) is 17.9 Å². The van der Waals surface area contributed by atoms with Crippen molar-refractivity contribution in [2.24, 2.45) is 11.8 Å². The molecule has 1 atom stereocenters. The van der Waals surface area contributed by atoms with Gasteiger partial charge in [0.25, 0.3) is 0 Å². The molecule has 0 unspecified atom stereocenters. The maximum Gasteiger partial charge on any atom is 0.220 e. The second-order valence-corrected chi connectivity index (χ2v) is 7.94. The number of nitrogens with one attached hydrogen (secondary N) is 2. The third-order valence-electron chi connectivity index (χ3n) is 4.68. The smallest absolute Gasteiger partial charge is 0.220 e. The number of fused-ring (bicyclic) bond motifs is 1. The first-order valence-electron chi connectivity index (χ1n) is 9.94. The first-order valence-corrected chi connectivity index (χ1v) is 9.94. The van der Waals surface area contributed by atoms with E-state index in [4.69, 9.17) is 9.72 Å². The average molecular weight is 380 g/mol. The number of nitrogens with zero attached hydrogens (tertiary/aromatic N) is 1. The number of benzene rings is 2. The number of carbonyl (C=O) groups excluding carboxylic acids is 1. The average Bonchev–Trinajstić information content (AvgIpc) is 3.08. The second-order valence-electron chi connectivity index (χ2n) is 7.94. The number of carbonyl (C=O) groups is 1. The Bertz CT molecular complexity index is 916. The summed E-state index contributed by atoms with van der Waals surface area (Å²) in [6.07, 6.45) is 1.42. The van der Waals surface area contributed by atoms with Gasteiger partial charge in [-0.15, -0.1) is 0 Å². The molecular weight excluding hydrogens is 350 g/mol. The molecule has 0 saturated heterocycles. The van der Waals surface area contributed by atoms with Gasteiger partial charge in [-0.05, 0) is 42.5 Å². The number of hydrogen-bond acceptors (Lipinski definition) is 3. The van der Waals surface area contributed by atoms with Crippen LogP contribution in [0.4, 0.5) is 0 Å². The lowest BCUT2D eigenvalue weighted by Gasteiger charge is -2.20. The molecule has 1 heterocycles. The summed E-state index contributed by atoms with van der Waals surface area (Å²) in [5, 5.41) is 3.14. The van der Waals surface area contributed by atoms with Crippen LogP contribution < -0.4 is 10.1 Å². The van der Waals surface area contributed by atoms with Gasteiger partial charge in [-0.1, -0.05) is 45.9 Å². The van der Waals surface area contributed by atoms with Crippen LogP contribution in [0.15, 0.2) is 48.5 Å². The molecule has 0 aliphatic rings. The zero-order valence-electron chi connectivity index (χ0n) is 17.0. The van der Waals surface area contributed by atoms with E-state index in [2.05, 4.69) is 38.0 Å². The van der Waals surface area contributed by atoms with Crippen LogP contribution in [0.2, 0.25) is 0 Å². The summed E-state index contributed by atoms with van der Waals surface area (Å²) >= 11 is 0. The molecule has 28 heavy (non-hydrogen) atoms. The molecule has 0 aliphatic heterocycles. The molecule has 0 fully saturated rings. The molecule has 2 aromatic carbocycles. The first kappa shape index (κ1) is 19.9. The fourth-order valence-corrected chi connectivity index (χ4v) is 3.06. The van der Waals surface area contributed by atoms with Gasteiger partial charge in [0.15, 0.2) is 0 Å². The first-order chi connectivity index (χ1) is 13.4. The third-order valence-corrected chi connectivity index (χ3v) is 4.68. The van der Waals surface area contributed by atoms with Gasteiger partial charge in [0.2, 0.25) is 5.91 Å². The Labute approximate surface area is 166 Å². The van der Waals surface area contributed by atoms with Gasteiger partial charge >= 0.3 is 0 Å². The Morgan fingerprint density at radius 1 is 1.07 bits per heavy atom. The molecule has 0 radical (unpaired) electrons. The number of rotatable bonds is 8. The molecular formula is C23H29N3O2.